The molecule has 4 nitrogen and oxygen atoms in total. The topological polar surface area (TPSA) is 66.4 Å². The van der Waals surface area contributed by atoms with Gasteiger partial charge in [0, 0.05) is 6.54 Å². The molecule has 1 saturated heterocycles. The van der Waals surface area contributed by atoms with E-state index in [9.17, 15) is 9.59 Å². The van der Waals surface area contributed by atoms with E-state index in [4.69, 9.17) is 5.11 Å². The van der Waals surface area contributed by atoms with Crippen LogP contribution in [0.1, 0.15) is 18.4 Å². The molecular weight excluding hydrogens is 250 g/mol. The van der Waals surface area contributed by atoms with Crippen molar-refractivity contribution in [1.82, 2.24) is 5.32 Å². The molecule has 96 valence electrons. The number of aliphatic carboxylic acids is 1. The van der Waals surface area contributed by atoms with Crippen molar-refractivity contribution in [2.75, 3.05) is 0 Å². The molecule has 2 rings (SSSR count). The van der Waals surface area contributed by atoms with Crippen LogP contribution in [0.2, 0.25) is 0 Å². The molecule has 0 bridgehead atoms. The average molecular weight is 265 g/mol. The van der Waals surface area contributed by atoms with E-state index in [0.717, 1.165) is 5.56 Å². The molecule has 2 N–H and O–H groups in total. The van der Waals surface area contributed by atoms with Gasteiger partial charge in [-0.15, -0.1) is 11.8 Å². The predicted octanol–water partition coefficient (Wildman–Crippen LogP) is 1.65. The molecule has 1 aromatic rings. The van der Waals surface area contributed by atoms with Gasteiger partial charge < -0.3 is 10.4 Å². The van der Waals surface area contributed by atoms with Crippen LogP contribution >= 0.6 is 11.8 Å². The van der Waals surface area contributed by atoms with E-state index in [1.54, 1.807) is 0 Å². The lowest BCUT2D eigenvalue weighted by Gasteiger charge is -2.10. The van der Waals surface area contributed by atoms with Crippen LogP contribution in [0, 0.1) is 0 Å². The van der Waals surface area contributed by atoms with Gasteiger partial charge in [-0.3, -0.25) is 9.59 Å². The highest BCUT2D eigenvalue weighted by atomic mass is 32.2. The Balaban J connectivity index is 1.81. The summed E-state index contributed by atoms with van der Waals surface area (Å²) in [6.07, 6.45) is 1.21. The zero-order valence-electron chi connectivity index (χ0n) is 9.83. The van der Waals surface area contributed by atoms with Crippen molar-refractivity contribution in [2.24, 2.45) is 0 Å². The molecule has 0 saturated carbocycles. The molecule has 0 aromatic heterocycles. The summed E-state index contributed by atoms with van der Waals surface area (Å²) >= 11 is 1.25. The lowest BCUT2D eigenvalue weighted by Crippen LogP contribution is -2.31. The summed E-state index contributed by atoms with van der Waals surface area (Å²) in [4.78, 5) is 22.7. The zero-order valence-corrected chi connectivity index (χ0v) is 10.7. The summed E-state index contributed by atoms with van der Waals surface area (Å²) in [5.74, 6) is -0.883. The van der Waals surface area contributed by atoms with Crippen LogP contribution in [0.5, 0.6) is 0 Å². The zero-order chi connectivity index (χ0) is 13.0. The maximum atomic E-state index is 11.9. The molecule has 2 atom stereocenters. The van der Waals surface area contributed by atoms with E-state index in [1.807, 2.05) is 30.3 Å². The van der Waals surface area contributed by atoms with Crippen molar-refractivity contribution in [3.8, 4) is 0 Å². The maximum Gasteiger partial charge on any atom is 0.316 e. The molecule has 0 radical (unpaired) electrons. The summed E-state index contributed by atoms with van der Waals surface area (Å²) in [6, 6.07) is 9.67. The molecule has 1 heterocycles. The molecule has 5 heteroatoms. The van der Waals surface area contributed by atoms with Crippen LogP contribution in [0.15, 0.2) is 30.3 Å². The van der Waals surface area contributed by atoms with E-state index in [-0.39, 0.29) is 11.2 Å². The molecular formula is C13H15NO3S. The van der Waals surface area contributed by atoms with E-state index < -0.39 is 11.2 Å². The average Bonchev–Trinajstić information content (AvgIpc) is 2.87. The number of nitrogens with one attached hydrogen (secondary N) is 1. The van der Waals surface area contributed by atoms with Crippen molar-refractivity contribution in [3.63, 3.8) is 0 Å². The smallest absolute Gasteiger partial charge is 0.316 e. The predicted molar refractivity (Wildman–Crippen MR) is 70.3 cm³/mol. The number of carbonyl (C=O) groups is 2. The summed E-state index contributed by atoms with van der Waals surface area (Å²) in [7, 11) is 0. The van der Waals surface area contributed by atoms with Gasteiger partial charge in [0.1, 0.15) is 5.25 Å². The van der Waals surface area contributed by atoms with Gasteiger partial charge in [0.05, 0.1) is 5.25 Å². The number of rotatable bonds is 4. The number of hydrogen-bond acceptors (Lipinski definition) is 3. The van der Waals surface area contributed by atoms with E-state index in [1.165, 1.54) is 11.8 Å². The summed E-state index contributed by atoms with van der Waals surface area (Å²) < 4.78 is 0. The molecule has 1 fully saturated rings. The maximum absolute atomic E-state index is 11.9. The fourth-order valence-electron chi connectivity index (χ4n) is 1.91. The molecule has 1 amide bonds. The second-order valence-corrected chi connectivity index (χ2v) is 5.64. The van der Waals surface area contributed by atoms with Gasteiger partial charge in [-0.2, -0.15) is 0 Å². The molecule has 1 aromatic carbocycles. The Morgan fingerprint density at radius 3 is 2.50 bits per heavy atom. The largest absolute Gasteiger partial charge is 0.480 e. The van der Waals surface area contributed by atoms with Crippen LogP contribution in [0.25, 0.3) is 0 Å². The van der Waals surface area contributed by atoms with Crippen molar-refractivity contribution < 1.29 is 14.7 Å². The lowest BCUT2D eigenvalue weighted by atomic mass is 10.2. The van der Waals surface area contributed by atoms with E-state index >= 15 is 0 Å². The Morgan fingerprint density at radius 2 is 1.89 bits per heavy atom. The van der Waals surface area contributed by atoms with Gasteiger partial charge in [-0.05, 0) is 18.4 Å². The van der Waals surface area contributed by atoms with Crippen molar-refractivity contribution in [1.29, 1.82) is 0 Å². The first-order chi connectivity index (χ1) is 8.66. The summed E-state index contributed by atoms with van der Waals surface area (Å²) in [5.41, 5.74) is 1.05. The number of benzene rings is 1. The second kappa shape index (κ2) is 5.91. The first-order valence-corrected chi connectivity index (χ1v) is 6.81. The van der Waals surface area contributed by atoms with Crippen LogP contribution < -0.4 is 5.32 Å². The highest BCUT2D eigenvalue weighted by Gasteiger charge is 2.34. The Labute approximate surface area is 110 Å². The number of amides is 1. The van der Waals surface area contributed by atoms with Gasteiger partial charge in [-0.25, -0.2) is 0 Å². The van der Waals surface area contributed by atoms with E-state index in [0.29, 0.717) is 19.4 Å². The van der Waals surface area contributed by atoms with Crippen LogP contribution in [0.4, 0.5) is 0 Å². The lowest BCUT2D eigenvalue weighted by molar-refractivity contribution is -0.136. The minimum atomic E-state index is -0.821. The molecule has 1 aliphatic heterocycles. The van der Waals surface area contributed by atoms with Gasteiger partial charge in [0.2, 0.25) is 5.91 Å². The second-order valence-electron chi connectivity index (χ2n) is 4.23. The Hall–Kier alpha value is -1.49. The van der Waals surface area contributed by atoms with Gasteiger partial charge in [0.15, 0.2) is 0 Å². The first-order valence-electron chi connectivity index (χ1n) is 5.86. The molecule has 1 aliphatic rings. The number of carbonyl (C=O) groups excluding carboxylic acids is 1. The quantitative estimate of drug-likeness (QED) is 0.868. The number of thioether (sulfide) groups is 1. The van der Waals surface area contributed by atoms with Crippen molar-refractivity contribution in [2.45, 2.75) is 29.9 Å². The standard InChI is InChI=1S/C13H15NO3S/c15-12(10-6-7-11(18-10)13(16)17)14-8-9-4-2-1-3-5-9/h1-5,10-11H,6-8H2,(H,14,15)(H,16,17)/t10-,11-/m0/s1. The molecule has 0 aliphatic carbocycles. The minimum Gasteiger partial charge on any atom is -0.480 e. The third-order valence-corrected chi connectivity index (χ3v) is 4.44. The van der Waals surface area contributed by atoms with Crippen molar-refractivity contribution >= 4 is 23.6 Å². The van der Waals surface area contributed by atoms with Crippen LogP contribution in [-0.4, -0.2) is 27.5 Å². The summed E-state index contributed by atoms with van der Waals surface area (Å²) in [6.45, 7) is 0.495. The van der Waals surface area contributed by atoms with Crippen molar-refractivity contribution in [3.05, 3.63) is 35.9 Å². The first kappa shape index (κ1) is 13.0. The van der Waals surface area contributed by atoms with Crippen LogP contribution in [0.3, 0.4) is 0 Å². The highest BCUT2D eigenvalue weighted by Crippen LogP contribution is 2.33. The Morgan fingerprint density at radius 1 is 1.22 bits per heavy atom. The normalized spacial score (nSPS) is 22.7. The van der Waals surface area contributed by atoms with Gasteiger partial charge >= 0.3 is 5.97 Å². The minimum absolute atomic E-state index is 0.0624. The molecule has 18 heavy (non-hydrogen) atoms. The number of hydrogen-bond donors (Lipinski definition) is 2. The monoisotopic (exact) mass is 265 g/mol. The Kier molecular flexibility index (Phi) is 4.25. The van der Waals surface area contributed by atoms with Gasteiger partial charge in [0.25, 0.3) is 0 Å². The van der Waals surface area contributed by atoms with Gasteiger partial charge in [-0.1, -0.05) is 30.3 Å². The number of carboxylic acids is 1. The highest BCUT2D eigenvalue weighted by molar-refractivity contribution is 8.02. The van der Waals surface area contributed by atoms with Crippen LogP contribution in [-0.2, 0) is 16.1 Å². The SMILES string of the molecule is O=C(O)[C@@H]1CC[C@@H](C(=O)NCc2ccccc2)S1. The molecule has 0 spiro atoms. The third kappa shape index (κ3) is 3.26. The molecule has 0 unspecified atom stereocenters. The Bertz CT molecular complexity index is 435. The number of carboxylic acid groups (broad SMARTS) is 1. The summed E-state index contributed by atoms with van der Waals surface area (Å²) in [5, 5.41) is 11.1. The fraction of sp³-hybridized carbons (Fsp3) is 0.385. The fourth-order valence-corrected chi connectivity index (χ4v) is 3.17. The third-order valence-electron chi connectivity index (χ3n) is 2.90. The van der Waals surface area contributed by atoms with E-state index in [2.05, 4.69) is 5.32 Å².